The van der Waals surface area contributed by atoms with Crippen molar-refractivity contribution in [1.82, 2.24) is 29.9 Å². The molecule has 0 radical (unpaired) electrons. The van der Waals surface area contributed by atoms with Crippen LogP contribution < -0.4 is 9.47 Å². The van der Waals surface area contributed by atoms with Gasteiger partial charge in [-0.2, -0.15) is 15.2 Å². The van der Waals surface area contributed by atoms with Crippen LogP contribution in [-0.2, 0) is 0 Å². The minimum atomic E-state index is 0.222. The Bertz CT molecular complexity index is 744. The van der Waals surface area contributed by atoms with Crippen molar-refractivity contribution in [2.45, 2.75) is 0 Å². The molecule has 0 spiro atoms. The largest absolute Gasteiger partial charge is 0.480 e. The Balaban J connectivity index is 2.17. The van der Waals surface area contributed by atoms with Gasteiger partial charge < -0.3 is 9.47 Å². The number of hydrogen-bond donors (Lipinski definition) is 0. The Morgan fingerprint density at radius 3 is 2.76 bits per heavy atom. The van der Waals surface area contributed by atoms with E-state index in [4.69, 9.17) is 9.47 Å². The summed E-state index contributed by atoms with van der Waals surface area (Å²) in [5.41, 5.74) is 1.93. The second kappa shape index (κ2) is 5.53. The second-order valence-corrected chi connectivity index (χ2v) is 4.00. The fourth-order valence-electron chi connectivity index (χ4n) is 1.88. The molecule has 3 rings (SSSR count). The first kappa shape index (κ1) is 13.0. The fourth-order valence-corrected chi connectivity index (χ4v) is 1.88. The molecule has 3 aromatic rings. The first-order valence-electron chi connectivity index (χ1n) is 6.10. The molecular weight excluding hydrogens is 272 g/mol. The van der Waals surface area contributed by atoms with Crippen LogP contribution in [-0.4, -0.2) is 44.2 Å². The topological polar surface area (TPSA) is 87.8 Å². The highest BCUT2D eigenvalue weighted by atomic mass is 16.5. The standard InChI is InChI=1S/C13H12N6O2/c1-20-12-9(8-14-13(17-12)21-2)11-10(4-6-15-18-11)19-7-3-5-16-19/h3-8H,1-2H3. The Morgan fingerprint density at radius 2 is 2.05 bits per heavy atom. The molecule has 0 N–H and O–H groups in total. The average molecular weight is 284 g/mol. The van der Waals surface area contributed by atoms with Gasteiger partial charge in [-0.3, -0.25) is 0 Å². The van der Waals surface area contributed by atoms with Crippen molar-refractivity contribution in [3.63, 3.8) is 0 Å². The van der Waals surface area contributed by atoms with Crippen LogP contribution in [0.5, 0.6) is 11.9 Å². The van der Waals surface area contributed by atoms with Crippen LogP contribution in [0.3, 0.4) is 0 Å². The molecule has 0 aliphatic carbocycles. The molecule has 0 fully saturated rings. The van der Waals surface area contributed by atoms with Crippen LogP contribution in [0.15, 0.2) is 36.9 Å². The van der Waals surface area contributed by atoms with Crippen molar-refractivity contribution in [3.8, 4) is 28.8 Å². The van der Waals surface area contributed by atoms with Crippen molar-refractivity contribution >= 4 is 0 Å². The normalized spacial score (nSPS) is 10.4. The molecule has 3 aromatic heterocycles. The molecule has 3 heterocycles. The molecule has 8 heteroatoms. The number of nitrogens with zero attached hydrogens (tertiary/aromatic N) is 6. The van der Waals surface area contributed by atoms with E-state index >= 15 is 0 Å². The summed E-state index contributed by atoms with van der Waals surface area (Å²) in [6, 6.07) is 3.85. The lowest BCUT2D eigenvalue weighted by molar-refractivity contribution is 0.353. The number of ether oxygens (including phenoxy) is 2. The molecule has 0 saturated heterocycles. The average Bonchev–Trinajstić information content (AvgIpc) is 3.08. The van der Waals surface area contributed by atoms with Crippen LogP contribution in [0.4, 0.5) is 0 Å². The molecule has 0 aromatic carbocycles. The van der Waals surface area contributed by atoms with E-state index in [1.165, 1.54) is 14.2 Å². The zero-order chi connectivity index (χ0) is 14.7. The van der Waals surface area contributed by atoms with Gasteiger partial charge in [-0.1, -0.05) is 0 Å². The minimum absolute atomic E-state index is 0.222. The lowest BCUT2D eigenvalue weighted by atomic mass is 10.2. The molecule has 0 bridgehead atoms. The predicted octanol–water partition coefficient (Wildman–Crippen LogP) is 1.14. The SMILES string of the molecule is COc1ncc(-c2nnccc2-n2cccn2)c(OC)n1. The first-order chi connectivity index (χ1) is 10.3. The zero-order valence-electron chi connectivity index (χ0n) is 11.5. The Hall–Kier alpha value is -3.03. The Kier molecular flexibility index (Phi) is 3.42. The van der Waals surface area contributed by atoms with Crippen molar-refractivity contribution < 1.29 is 9.47 Å². The summed E-state index contributed by atoms with van der Waals surface area (Å²) in [7, 11) is 3.02. The van der Waals surface area contributed by atoms with E-state index in [1.807, 2.05) is 12.3 Å². The van der Waals surface area contributed by atoms with Gasteiger partial charge in [-0.05, 0) is 12.1 Å². The molecule has 106 valence electrons. The van der Waals surface area contributed by atoms with E-state index in [1.54, 1.807) is 29.3 Å². The lowest BCUT2D eigenvalue weighted by Crippen LogP contribution is -2.04. The minimum Gasteiger partial charge on any atom is -0.480 e. The molecule has 0 amide bonds. The highest BCUT2D eigenvalue weighted by molar-refractivity contribution is 5.71. The predicted molar refractivity (Wildman–Crippen MR) is 73.3 cm³/mol. The second-order valence-electron chi connectivity index (χ2n) is 4.00. The number of rotatable bonds is 4. The third kappa shape index (κ3) is 2.38. The number of aromatic nitrogens is 6. The van der Waals surface area contributed by atoms with Crippen LogP contribution >= 0.6 is 0 Å². The maximum atomic E-state index is 5.29. The molecular formula is C13H12N6O2. The van der Waals surface area contributed by atoms with Crippen molar-refractivity contribution in [3.05, 3.63) is 36.9 Å². The van der Waals surface area contributed by atoms with E-state index in [-0.39, 0.29) is 6.01 Å². The third-order valence-electron chi connectivity index (χ3n) is 2.81. The van der Waals surface area contributed by atoms with E-state index in [9.17, 15) is 0 Å². The number of methoxy groups -OCH3 is 2. The summed E-state index contributed by atoms with van der Waals surface area (Å²) in [4.78, 5) is 8.25. The number of hydrogen-bond acceptors (Lipinski definition) is 7. The summed E-state index contributed by atoms with van der Waals surface area (Å²) in [5.74, 6) is 0.357. The molecule has 0 aliphatic heterocycles. The lowest BCUT2D eigenvalue weighted by Gasteiger charge is -2.10. The molecule has 0 unspecified atom stereocenters. The monoisotopic (exact) mass is 284 g/mol. The molecule has 21 heavy (non-hydrogen) atoms. The van der Waals surface area contributed by atoms with Crippen LogP contribution in [0, 0.1) is 0 Å². The van der Waals surface area contributed by atoms with Gasteiger partial charge in [0.05, 0.1) is 31.7 Å². The van der Waals surface area contributed by atoms with Gasteiger partial charge >= 0.3 is 6.01 Å². The van der Waals surface area contributed by atoms with E-state index < -0.39 is 0 Å². The van der Waals surface area contributed by atoms with Gasteiger partial charge in [0.15, 0.2) is 0 Å². The van der Waals surface area contributed by atoms with Gasteiger partial charge in [-0.25, -0.2) is 9.67 Å². The summed E-state index contributed by atoms with van der Waals surface area (Å²) < 4.78 is 12.0. The smallest absolute Gasteiger partial charge is 0.319 e. The summed E-state index contributed by atoms with van der Waals surface area (Å²) >= 11 is 0. The highest BCUT2D eigenvalue weighted by Gasteiger charge is 2.17. The maximum Gasteiger partial charge on any atom is 0.319 e. The molecule has 0 saturated carbocycles. The molecule has 0 aliphatic rings. The first-order valence-corrected chi connectivity index (χ1v) is 6.10. The van der Waals surface area contributed by atoms with E-state index in [2.05, 4.69) is 25.3 Å². The van der Waals surface area contributed by atoms with Crippen LogP contribution in [0.1, 0.15) is 0 Å². The van der Waals surface area contributed by atoms with E-state index in [0.717, 1.165) is 5.69 Å². The Morgan fingerprint density at radius 1 is 1.14 bits per heavy atom. The third-order valence-corrected chi connectivity index (χ3v) is 2.81. The van der Waals surface area contributed by atoms with Crippen molar-refractivity contribution in [2.24, 2.45) is 0 Å². The molecule has 0 atom stereocenters. The van der Waals surface area contributed by atoms with Gasteiger partial charge in [0.1, 0.15) is 5.69 Å². The zero-order valence-corrected chi connectivity index (χ0v) is 11.5. The van der Waals surface area contributed by atoms with Gasteiger partial charge in [0.2, 0.25) is 5.88 Å². The molecule has 8 nitrogen and oxygen atoms in total. The summed E-state index contributed by atoms with van der Waals surface area (Å²) in [6.45, 7) is 0. The van der Waals surface area contributed by atoms with Crippen molar-refractivity contribution in [2.75, 3.05) is 14.2 Å². The quantitative estimate of drug-likeness (QED) is 0.709. The fraction of sp³-hybridized carbons (Fsp3) is 0.154. The van der Waals surface area contributed by atoms with Gasteiger partial charge in [-0.15, -0.1) is 5.10 Å². The summed E-state index contributed by atoms with van der Waals surface area (Å²) in [6.07, 6.45) is 6.68. The highest BCUT2D eigenvalue weighted by Crippen LogP contribution is 2.30. The Labute approximate surface area is 120 Å². The maximum absolute atomic E-state index is 5.29. The van der Waals surface area contributed by atoms with Crippen LogP contribution in [0.25, 0.3) is 16.9 Å². The van der Waals surface area contributed by atoms with Gasteiger partial charge in [0.25, 0.3) is 0 Å². The summed E-state index contributed by atoms with van der Waals surface area (Å²) in [5, 5.41) is 12.3. The van der Waals surface area contributed by atoms with Crippen molar-refractivity contribution in [1.29, 1.82) is 0 Å². The van der Waals surface area contributed by atoms with Gasteiger partial charge in [0, 0.05) is 18.6 Å². The van der Waals surface area contributed by atoms with Crippen LogP contribution in [0.2, 0.25) is 0 Å². The van der Waals surface area contributed by atoms with E-state index in [0.29, 0.717) is 17.1 Å².